The topological polar surface area (TPSA) is 0 Å². The van der Waals surface area contributed by atoms with Gasteiger partial charge in [-0.3, -0.25) is 0 Å². The van der Waals surface area contributed by atoms with E-state index in [9.17, 15) is 0 Å². The molecule has 1 aliphatic carbocycles. The van der Waals surface area contributed by atoms with E-state index in [1.54, 1.807) is 0 Å². The van der Waals surface area contributed by atoms with Crippen LogP contribution in [0.25, 0.3) is 11.1 Å². The molecule has 2 aromatic carbocycles. The zero-order valence-corrected chi connectivity index (χ0v) is 13.5. The molecule has 0 saturated heterocycles. The number of hydrogen-bond acceptors (Lipinski definition) is 0. The van der Waals surface area contributed by atoms with E-state index in [4.69, 9.17) is 0 Å². The predicted molar refractivity (Wildman–Crippen MR) is 84.4 cm³/mol. The standard InChI is InChI=1S/C15H12BrI/c1-15(2)11-6-4-3-5-9(11)10-7-8-12(16)14(17)13(10)15/h3-8H,1-2H3. The first-order valence-corrected chi connectivity index (χ1v) is 7.49. The Hall–Kier alpha value is -0.350. The van der Waals surface area contributed by atoms with Crippen LogP contribution in [0.3, 0.4) is 0 Å². The van der Waals surface area contributed by atoms with Gasteiger partial charge in [0, 0.05) is 13.5 Å². The smallest absolute Gasteiger partial charge is 0.0319 e. The van der Waals surface area contributed by atoms with Gasteiger partial charge in [0.1, 0.15) is 0 Å². The van der Waals surface area contributed by atoms with Crippen LogP contribution in [0.4, 0.5) is 0 Å². The van der Waals surface area contributed by atoms with Crippen molar-refractivity contribution in [3.63, 3.8) is 0 Å². The minimum atomic E-state index is 0.103. The molecular weight excluding hydrogens is 387 g/mol. The van der Waals surface area contributed by atoms with E-state index < -0.39 is 0 Å². The van der Waals surface area contributed by atoms with E-state index >= 15 is 0 Å². The largest absolute Gasteiger partial charge is 0.0619 e. The van der Waals surface area contributed by atoms with E-state index in [2.05, 4.69) is 88.8 Å². The molecule has 86 valence electrons. The highest BCUT2D eigenvalue weighted by atomic mass is 127. The second-order valence-electron chi connectivity index (χ2n) is 4.95. The maximum atomic E-state index is 3.64. The Labute approximate surface area is 124 Å². The van der Waals surface area contributed by atoms with E-state index in [0.717, 1.165) is 0 Å². The molecule has 0 aromatic heterocycles. The Morgan fingerprint density at radius 1 is 1.00 bits per heavy atom. The zero-order valence-electron chi connectivity index (χ0n) is 9.72. The minimum absolute atomic E-state index is 0.103. The highest BCUT2D eigenvalue weighted by Crippen LogP contribution is 2.51. The summed E-state index contributed by atoms with van der Waals surface area (Å²) < 4.78 is 2.53. The second-order valence-corrected chi connectivity index (χ2v) is 6.89. The van der Waals surface area contributed by atoms with Crippen LogP contribution in [-0.2, 0) is 5.41 Å². The molecule has 0 saturated carbocycles. The van der Waals surface area contributed by atoms with Crippen molar-refractivity contribution in [2.75, 3.05) is 0 Å². The van der Waals surface area contributed by atoms with E-state index in [1.165, 1.54) is 30.3 Å². The molecule has 0 unspecified atom stereocenters. The molecule has 0 heterocycles. The monoisotopic (exact) mass is 398 g/mol. The van der Waals surface area contributed by atoms with E-state index in [0.29, 0.717) is 0 Å². The van der Waals surface area contributed by atoms with Crippen molar-refractivity contribution < 1.29 is 0 Å². The van der Waals surface area contributed by atoms with Crippen LogP contribution < -0.4 is 0 Å². The average molecular weight is 399 g/mol. The molecule has 0 nitrogen and oxygen atoms in total. The summed E-state index contributed by atoms with van der Waals surface area (Å²) in [6.45, 7) is 4.62. The number of fused-ring (bicyclic) bond motifs is 3. The Morgan fingerprint density at radius 3 is 2.47 bits per heavy atom. The van der Waals surface area contributed by atoms with E-state index in [1.807, 2.05) is 0 Å². The molecule has 0 bridgehead atoms. The lowest BCUT2D eigenvalue weighted by Gasteiger charge is -2.23. The summed E-state index contributed by atoms with van der Waals surface area (Å²) in [6.07, 6.45) is 0. The molecule has 1 aliphatic rings. The van der Waals surface area contributed by atoms with Crippen LogP contribution in [0.2, 0.25) is 0 Å². The van der Waals surface area contributed by atoms with Crippen molar-refractivity contribution in [3.8, 4) is 11.1 Å². The molecular formula is C15H12BrI. The van der Waals surface area contributed by atoms with Crippen molar-refractivity contribution in [2.24, 2.45) is 0 Å². The van der Waals surface area contributed by atoms with Gasteiger partial charge in [-0.15, -0.1) is 0 Å². The summed E-state index contributed by atoms with van der Waals surface area (Å²) in [7, 11) is 0. The summed E-state index contributed by atoms with van der Waals surface area (Å²) in [6, 6.07) is 13.1. The first-order valence-electron chi connectivity index (χ1n) is 5.62. The summed E-state index contributed by atoms with van der Waals surface area (Å²) in [4.78, 5) is 0. The fourth-order valence-electron chi connectivity index (χ4n) is 2.78. The Balaban J connectivity index is 2.44. The molecule has 0 amide bonds. The predicted octanol–water partition coefficient (Wildman–Crippen LogP) is 5.36. The number of rotatable bonds is 0. The Kier molecular flexibility index (Phi) is 2.63. The van der Waals surface area contributed by atoms with Crippen molar-refractivity contribution >= 4 is 38.5 Å². The van der Waals surface area contributed by atoms with Gasteiger partial charge in [0.05, 0.1) is 0 Å². The van der Waals surface area contributed by atoms with Gasteiger partial charge in [-0.2, -0.15) is 0 Å². The quantitative estimate of drug-likeness (QED) is 0.524. The molecule has 17 heavy (non-hydrogen) atoms. The van der Waals surface area contributed by atoms with Crippen LogP contribution in [0.15, 0.2) is 40.9 Å². The number of benzene rings is 2. The van der Waals surface area contributed by atoms with Gasteiger partial charge in [-0.1, -0.05) is 44.2 Å². The van der Waals surface area contributed by atoms with Gasteiger partial charge in [-0.25, -0.2) is 0 Å². The molecule has 3 rings (SSSR count). The second kappa shape index (κ2) is 3.82. The van der Waals surface area contributed by atoms with Crippen LogP contribution in [0.5, 0.6) is 0 Å². The molecule has 0 N–H and O–H groups in total. The SMILES string of the molecule is CC1(C)c2ccccc2-c2ccc(Br)c(I)c21. The average Bonchev–Trinajstić information content (AvgIpc) is 2.54. The summed E-state index contributed by atoms with van der Waals surface area (Å²) in [5, 5.41) is 0. The molecule has 0 radical (unpaired) electrons. The maximum absolute atomic E-state index is 3.64. The van der Waals surface area contributed by atoms with Crippen molar-refractivity contribution in [3.05, 3.63) is 55.6 Å². The Bertz CT molecular complexity index is 614. The van der Waals surface area contributed by atoms with Crippen LogP contribution in [-0.4, -0.2) is 0 Å². The lowest BCUT2D eigenvalue weighted by atomic mass is 9.82. The Morgan fingerprint density at radius 2 is 1.71 bits per heavy atom. The zero-order chi connectivity index (χ0) is 12.2. The van der Waals surface area contributed by atoms with E-state index in [-0.39, 0.29) is 5.41 Å². The highest BCUT2D eigenvalue weighted by Gasteiger charge is 2.37. The summed E-state index contributed by atoms with van der Waals surface area (Å²) in [5.41, 5.74) is 5.77. The van der Waals surface area contributed by atoms with Crippen LogP contribution >= 0.6 is 38.5 Å². The van der Waals surface area contributed by atoms with Gasteiger partial charge in [0.25, 0.3) is 0 Å². The van der Waals surface area contributed by atoms with Gasteiger partial charge in [0.15, 0.2) is 0 Å². The molecule has 0 spiro atoms. The normalized spacial score (nSPS) is 15.5. The third kappa shape index (κ3) is 1.53. The molecule has 0 atom stereocenters. The van der Waals surface area contributed by atoms with Gasteiger partial charge in [0.2, 0.25) is 0 Å². The molecule has 2 heteroatoms. The summed E-state index contributed by atoms with van der Waals surface area (Å²) in [5.74, 6) is 0. The highest BCUT2D eigenvalue weighted by molar-refractivity contribution is 14.1. The van der Waals surface area contributed by atoms with Gasteiger partial charge in [-0.05, 0) is 66.8 Å². The maximum Gasteiger partial charge on any atom is 0.0319 e. The van der Waals surface area contributed by atoms with Gasteiger partial charge < -0.3 is 0 Å². The van der Waals surface area contributed by atoms with Crippen molar-refractivity contribution in [1.29, 1.82) is 0 Å². The first-order chi connectivity index (χ1) is 8.03. The minimum Gasteiger partial charge on any atom is -0.0619 e. The molecule has 0 aliphatic heterocycles. The fraction of sp³-hybridized carbons (Fsp3) is 0.200. The number of halogens is 2. The van der Waals surface area contributed by atoms with Gasteiger partial charge >= 0.3 is 0 Å². The van der Waals surface area contributed by atoms with Crippen molar-refractivity contribution in [2.45, 2.75) is 19.3 Å². The molecule has 0 fully saturated rings. The third-order valence-electron chi connectivity index (χ3n) is 3.61. The van der Waals surface area contributed by atoms with Crippen LogP contribution in [0.1, 0.15) is 25.0 Å². The van der Waals surface area contributed by atoms with Crippen molar-refractivity contribution in [1.82, 2.24) is 0 Å². The van der Waals surface area contributed by atoms with Crippen LogP contribution in [0, 0.1) is 3.57 Å². The third-order valence-corrected chi connectivity index (χ3v) is 6.13. The lowest BCUT2D eigenvalue weighted by molar-refractivity contribution is 0.656. The number of hydrogen-bond donors (Lipinski definition) is 0. The first kappa shape index (κ1) is 11.7. The molecule has 2 aromatic rings. The lowest BCUT2D eigenvalue weighted by Crippen LogP contribution is -2.16. The fourth-order valence-corrected chi connectivity index (χ4v) is 4.26. The summed E-state index contributed by atoms with van der Waals surface area (Å²) >= 11 is 6.08.